The van der Waals surface area contributed by atoms with E-state index in [4.69, 9.17) is 33.0 Å². The molecule has 4 heterocycles. The van der Waals surface area contributed by atoms with Crippen molar-refractivity contribution in [1.82, 2.24) is 34.1 Å². The van der Waals surface area contributed by atoms with Crippen molar-refractivity contribution < 1.29 is 27.2 Å². The second kappa shape index (κ2) is 15.1. The minimum absolute atomic E-state index is 0.0414. The summed E-state index contributed by atoms with van der Waals surface area (Å²) in [5.41, 5.74) is 5.98. The number of nitrogen functional groups attached to an aromatic ring is 1. The van der Waals surface area contributed by atoms with E-state index in [2.05, 4.69) is 47.3 Å². The van der Waals surface area contributed by atoms with Gasteiger partial charge in [0.15, 0.2) is 26.4 Å². The fourth-order valence-electron chi connectivity index (χ4n) is 4.31. The Morgan fingerprint density at radius 1 is 1.12 bits per heavy atom. The number of rotatable bonds is 17. The van der Waals surface area contributed by atoms with E-state index in [-0.39, 0.29) is 56.9 Å². The van der Waals surface area contributed by atoms with Crippen LogP contribution in [0.1, 0.15) is 12.6 Å². The van der Waals surface area contributed by atoms with Crippen molar-refractivity contribution in [2.75, 3.05) is 39.8 Å². The van der Waals surface area contributed by atoms with Crippen LogP contribution in [0.3, 0.4) is 0 Å². The number of hydrogen-bond donors (Lipinski definition) is 4. The molecule has 4 aromatic rings. The standard InChI is InChI=1S/C22H32N8O8P2S/c1-33-13(5-16(38-41)30-11-26-17-19(30)27-22(23)28-21(17)32)8-37-40-36-7-12(15(34-2)9-35-39)6-29-4-3-14-18(29)24-10-25-20(14)31/h3-4,10-13,15-16,40-41H,5-9,39H2,1-2H3,(H,24,25,31)(H3,23,27,28,32)/t12-,13+,15-,16-/m1/s1. The Morgan fingerprint density at radius 3 is 2.66 bits per heavy atom. The number of ether oxygens (including phenoxy) is 2. The maximum absolute atomic E-state index is 12.1. The first-order valence-electron chi connectivity index (χ1n) is 12.3. The third kappa shape index (κ3) is 7.69. The van der Waals surface area contributed by atoms with Crippen molar-refractivity contribution >= 4 is 59.6 Å². The average molecular weight is 631 g/mol. The van der Waals surface area contributed by atoms with Gasteiger partial charge in [0.25, 0.3) is 11.1 Å². The molecular formula is C22H32N8O8P2S. The Bertz CT molecular complexity index is 1530. The molecule has 224 valence electrons. The van der Waals surface area contributed by atoms with Gasteiger partial charge < -0.3 is 38.3 Å². The van der Waals surface area contributed by atoms with Crippen molar-refractivity contribution in [3.05, 3.63) is 45.6 Å². The van der Waals surface area contributed by atoms with E-state index in [9.17, 15) is 9.59 Å². The largest absolute Gasteiger partial charge is 0.379 e. The predicted octanol–water partition coefficient (Wildman–Crippen LogP) is 1.18. The molecule has 0 amide bonds. The summed E-state index contributed by atoms with van der Waals surface area (Å²) in [4.78, 5) is 41.7. The second-order valence-electron chi connectivity index (χ2n) is 8.94. The molecule has 4 rings (SSSR count). The summed E-state index contributed by atoms with van der Waals surface area (Å²) in [6, 6.07) is 1.72. The molecule has 0 bridgehead atoms. The molecular weight excluding hydrogens is 598 g/mol. The molecule has 41 heavy (non-hydrogen) atoms. The summed E-state index contributed by atoms with van der Waals surface area (Å²) in [6.07, 6.45) is 3.52. The van der Waals surface area contributed by atoms with Gasteiger partial charge in [-0.25, -0.2) is 9.97 Å². The zero-order chi connectivity index (χ0) is 29.4. The monoisotopic (exact) mass is 630 g/mol. The zero-order valence-electron chi connectivity index (χ0n) is 22.3. The van der Waals surface area contributed by atoms with Crippen molar-refractivity contribution in [3.8, 4) is 0 Å². The molecule has 0 aliphatic carbocycles. The molecule has 16 nitrogen and oxygen atoms in total. The van der Waals surface area contributed by atoms with Crippen LogP contribution < -0.4 is 16.9 Å². The number of hydrogen-bond acceptors (Lipinski definition) is 13. The number of fused-ring (bicyclic) bond motifs is 2. The Labute approximate surface area is 243 Å². The van der Waals surface area contributed by atoms with E-state index in [0.717, 1.165) is 0 Å². The van der Waals surface area contributed by atoms with Crippen LogP contribution in [0.4, 0.5) is 5.95 Å². The van der Waals surface area contributed by atoms with Crippen molar-refractivity contribution in [3.63, 3.8) is 0 Å². The van der Waals surface area contributed by atoms with Gasteiger partial charge >= 0.3 is 0 Å². The van der Waals surface area contributed by atoms with Gasteiger partial charge in [-0.2, -0.15) is 4.98 Å². The van der Waals surface area contributed by atoms with E-state index in [1.165, 1.54) is 12.7 Å². The molecule has 0 spiro atoms. The molecule has 0 fully saturated rings. The number of thiol groups is 1. The highest BCUT2D eigenvalue weighted by molar-refractivity contribution is 7.75. The van der Waals surface area contributed by atoms with Gasteiger partial charge in [-0.1, -0.05) is 0 Å². The maximum atomic E-state index is 12.1. The Hall–Kier alpha value is -2.46. The first-order chi connectivity index (χ1) is 19.9. The number of aromatic nitrogens is 7. The quantitative estimate of drug-likeness (QED) is 0.0564. The van der Waals surface area contributed by atoms with Gasteiger partial charge in [-0.3, -0.25) is 23.3 Å². The van der Waals surface area contributed by atoms with Crippen LogP contribution in [0.15, 0.2) is 34.5 Å². The lowest BCUT2D eigenvalue weighted by Crippen LogP contribution is -2.33. The van der Waals surface area contributed by atoms with Gasteiger partial charge in [0, 0.05) is 48.8 Å². The number of nitrogens with one attached hydrogen (secondary N) is 2. The van der Waals surface area contributed by atoms with Crippen LogP contribution in [-0.4, -0.2) is 80.3 Å². The van der Waals surface area contributed by atoms with Crippen LogP contribution >= 0.6 is 31.4 Å². The van der Waals surface area contributed by atoms with Crippen LogP contribution in [0, 0.1) is 5.92 Å². The molecule has 0 saturated carbocycles. The van der Waals surface area contributed by atoms with Crippen LogP contribution in [0.25, 0.3) is 22.2 Å². The summed E-state index contributed by atoms with van der Waals surface area (Å²) in [7, 11) is 5.07. The smallest absolute Gasteiger partial charge is 0.280 e. The molecule has 0 aromatic carbocycles. The predicted molar refractivity (Wildman–Crippen MR) is 158 cm³/mol. The molecule has 4 N–H and O–H groups in total. The third-order valence-electron chi connectivity index (χ3n) is 6.45. The molecule has 2 unspecified atom stereocenters. The minimum Gasteiger partial charge on any atom is -0.379 e. The van der Waals surface area contributed by atoms with Gasteiger partial charge in [0.05, 0.1) is 50.1 Å². The van der Waals surface area contributed by atoms with Crippen molar-refractivity contribution in [2.45, 2.75) is 31.4 Å². The summed E-state index contributed by atoms with van der Waals surface area (Å²) in [5, 5.41) is 0.498. The number of H-pyrrole nitrogens is 2. The number of nitrogens with two attached hydrogens (primary N) is 1. The number of anilines is 1. The van der Waals surface area contributed by atoms with Crippen molar-refractivity contribution in [1.29, 1.82) is 0 Å². The highest BCUT2D eigenvalue weighted by Crippen LogP contribution is 2.26. The first kappa shape index (κ1) is 31.5. The van der Waals surface area contributed by atoms with E-state index < -0.39 is 17.9 Å². The Balaban J connectivity index is 1.34. The van der Waals surface area contributed by atoms with Crippen molar-refractivity contribution in [2.24, 2.45) is 5.92 Å². The van der Waals surface area contributed by atoms with E-state index in [1.54, 1.807) is 31.0 Å². The zero-order valence-corrected chi connectivity index (χ0v) is 25.3. The second-order valence-corrected chi connectivity index (χ2v) is 10.2. The summed E-state index contributed by atoms with van der Waals surface area (Å²) < 4.78 is 36.9. The number of aromatic amines is 2. The Morgan fingerprint density at radius 2 is 1.93 bits per heavy atom. The van der Waals surface area contributed by atoms with Gasteiger partial charge in [-0.15, -0.1) is 0 Å². The fraction of sp³-hybridized carbons (Fsp3) is 0.500. The summed E-state index contributed by atoms with van der Waals surface area (Å²) in [5.74, 6) is -0.188. The molecule has 4 aromatic heterocycles. The molecule has 0 aliphatic rings. The summed E-state index contributed by atoms with van der Waals surface area (Å²) in [6.45, 7) is 1.27. The maximum Gasteiger partial charge on any atom is 0.280 e. The lowest BCUT2D eigenvalue weighted by atomic mass is 10.0. The summed E-state index contributed by atoms with van der Waals surface area (Å²) >= 11 is 3.99. The normalized spacial score (nSPS) is 15.2. The average Bonchev–Trinajstić information content (AvgIpc) is 3.58. The lowest BCUT2D eigenvalue weighted by Gasteiger charge is -2.26. The van der Waals surface area contributed by atoms with E-state index >= 15 is 0 Å². The van der Waals surface area contributed by atoms with Gasteiger partial charge in [0.2, 0.25) is 5.95 Å². The number of methoxy groups -OCH3 is 2. The highest BCUT2D eigenvalue weighted by atomic mass is 32.1. The minimum atomic E-state index is -0.675. The first-order valence-corrected chi connectivity index (χ1v) is 14.0. The molecule has 0 radical (unpaired) electrons. The third-order valence-corrected chi connectivity index (χ3v) is 7.45. The van der Waals surface area contributed by atoms with Gasteiger partial charge in [0.1, 0.15) is 5.65 Å². The SMILES string of the molecule is CO[C@H](COPOC[C@@H](Cn1ccc2c(=O)[nH]cnc21)[C@@H](COP)OC)C[C@@H](OS)n1cnc2c(=O)[nH]c(N)nc21. The topological polar surface area (TPSA) is 196 Å². The molecule has 0 aliphatic heterocycles. The molecule has 0 saturated heterocycles. The number of nitrogens with zero attached hydrogens (tertiary/aromatic N) is 5. The van der Waals surface area contributed by atoms with E-state index in [0.29, 0.717) is 30.6 Å². The van der Waals surface area contributed by atoms with E-state index in [1.807, 2.05) is 4.57 Å². The Kier molecular flexibility index (Phi) is 11.6. The number of imidazole rings is 1. The highest BCUT2D eigenvalue weighted by Gasteiger charge is 2.25. The van der Waals surface area contributed by atoms with Crippen LogP contribution in [-0.2, 0) is 33.8 Å². The van der Waals surface area contributed by atoms with Crippen LogP contribution in [0.5, 0.6) is 0 Å². The van der Waals surface area contributed by atoms with Gasteiger partial charge in [-0.05, 0) is 19.0 Å². The fourth-order valence-corrected chi connectivity index (χ4v) is 5.31. The lowest BCUT2D eigenvalue weighted by molar-refractivity contribution is -0.00503. The van der Waals surface area contributed by atoms with Crippen LogP contribution in [0.2, 0.25) is 0 Å². The molecule has 19 heteroatoms. The molecule has 6 atom stereocenters.